The molecule has 2 heterocycles. The summed E-state index contributed by atoms with van der Waals surface area (Å²) in [4.78, 5) is 8.17. The minimum absolute atomic E-state index is 0.367. The molecule has 0 saturated heterocycles. The molecule has 2 aromatic rings. The summed E-state index contributed by atoms with van der Waals surface area (Å²) in [5, 5.41) is 4.38. The lowest BCUT2D eigenvalue weighted by molar-refractivity contribution is 0.662. The average molecular weight is 273 g/mol. The largest absolute Gasteiger partial charge is 0.374 e. The van der Waals surface area contributed by atoms with E-state index < -0.39 is 0 Å². The van der Waals surface area contributed by atoms with Crippen LogP contribution in [-0.2, 0) is 6.42 Å². The zero-order valence-corrected chi connectivity index (χ0v) is 12.4. The number of anilines is 1. The summed E-state index contributed by atoms with van der Waals surface area (Å²) in [5.41, 5.74) is 4.05. The Kier molecular flexibility index (Phi) is 3.29. The zero-order chi connectivity index (χ0) is 13.4. The van der Waals surface area contributed by atoms with Crippen LogP contribution in [0, 0.1) is 0 Å². The van der Waals surface area contributed by atoms with Gasteiger partial charge in [-0.15, -0.1) is 11.3 Å². The average Bonchev–Trinajstić information content (AvgIpc) is 3.05. The van der Waals surface area contributed by atoms with Gasteiger partial charge in [-0.25, -0.2) is 4.98 Å². The van der Waals surface area contributed by atoms with Crippen LogP contribution in [0.15, 0.2) is 24.4 Å². The number of nitrogens with one attached hydrogen (secondary N) is 1. The SMILES string of the molecule is CNC(C)c1cnc(-c2ccc3c(c2)CCN3C)s1. The lowest BCUT2D eigenvalue weighted by Gasteiger charge is -2.11. The van der Waals surface area contributed by atoms with Gasteiger partial charge in [0, 0.05) is 42.0 Å². The molecule has 0 saturated carbocycles. The number of rotatable bonds is 3. The Bertz CT molecular complexity index is 591. The first kappa shape index (κ1) is 12.6. The molecule has 3 rings (SSSR count). The number of likely N-dealkylation sites (N-methyl/N-ethyl adjacent to an activating group) is 1. The van der Waals surface area contributed by atoms with Crippen molar-refractivity contribution in [1.82, 2.24) is 10.3 Å². The summed E-state index contributed by atoms with van der Waals surface area (Å²) in [5.74, 6) is 0. The summed E-state index contributed by atoms with van der Waals surface area (Å²) in [6.07, 6.45) is 3.13. The smallest absolute Gasteiger partial charge is 0.123 e. The third-order valence-electron chi connectivity index (χ3n) is 3.84. The molecule has 1 atom stereocenters. The number of fused-ring (bicyclic) bond motifs is 1. The van der Waals surface area contributed by atoms with Gasteiger partial charge in [0.15, 0.2) is 0 Å². The first-order chi connectivity index (χ1) is 9.19. The molecule has 0 bridgehead atoms. The molecule has 0 aliphatic carbocycles. The number of hydrogen-bond acceptors (Lipinski definition) is 4. The Morgan fingerprint density at radius 1 is 1.42 bits per heavy atom. The molecule has 0 fully saturated rings. The number of nitrogens with zero attached hydrogens (tertiary/aromatic N) is 2. The standard InChI is InChI=1S/C15H19N3S/c1-10(16-2)14-9-17-15(19-14)12-4-5-13-11(8-12)6-7-18(13)3/h4-5,8-10,16H,6-7H2,1-3H3. The van der Waals surface area contributed by atoms with Crippen LogP contribution in [0.5, 0.6) is 0 Å². The summed E-state index contributed by atoms with van der Waals surface area (Å²) in [6, 6.07) is 7.07. The minimum atomic E-state index is 0.367. The van der Waals surface area contributed by atoms with Gasteiger partial charge in [-0.3, -0.25) is 0 Å². The molecule has 4 heteroatoms. The molecular weight excluding hydrogens is 254 g/mol. The van der Waals surface area contributed by atoms with Crippen LogP contribution in [0.1, 0.15) is 23.4 Å². The topological polar surface area (TPSA) is 28.2 Å². The molecule has 1 aromatic heterocycles. The number of benzene rings is 1. The lowest BCUT2D eigenvalue weighted by atomic mass is 10.1. The van der Waals surface area contributed by atoms with Crippen molar-refractivity contribution < 1.29 is 0 Å². The Morgan fingerprint density at radius 2 is 2.26 bits per heavy atom. The summed E-state index contributed by atoms with van der Waals surface area (Å²) < 4.78 is 0. The molecule has 1 aliphatic rings. The van der Waals surface area contributed by atoms with Crippen molar-refractivity contribution in [2.75, 3.05) is 25.5 Å². The van der Waals surface area contributed by atoms with Gasteiger partial charge in [0.05, 0.1) is 0 Å². The van der Waals surface area contributed by atoms with E-state index >= 15 is 0 Å². The molecule has 3 nitrogen and oxygen atoms in total. The van der Waals surface area contributed by atoms with E-state index in [1.165, 1.54) is 21.7 Å². The maximum absolute atomic E-state index is 4.56. The van der Waals surface area contributed by atoms with Crippen molar-refractivity contribution in [3.05, 3.63) is 34.8 Å². The second-order valence-corrected chi connectivity index (χ2v) is 6.16. The van der Waals surface area contributed by atoms with Crippen molar-refractivity contribution in [1.29, 1.82) is 0 Å². The first-order valence-electron chi connectivity index (χ1n) is 6.66. The van der Waals surface area contributed by atoms with E-state index in [4.69, 9.17) is 0 Å². The van der Waals surface area contributed by atoms with E-state index in [1.807, 2.05) is 13.2 Å². The third-order valence-corrected chi connectivity index (χ3v) is 5.07. The second kappa shape index (κ2) is 4.94. The molecular formula is C15H19N3S. The molecule has 1 aromatic carbocycles. The molecule has 1 aliphatic heterocycles. The highest BCUT2D eigenvalue weighted by Crippen LogP contribution is 2.34. The fraction of sp³-hybridized carbons (Fsp3) is 0.400. The monoisotopic (exact) mass is 273 g/mol. The Morgan fingerprint density at radius 3 is 3.05 bits per heavy atom. The molecule has 1 N–H and O–H groups in total. The highest BCUT2D eigenvalue weighted by Gasteiger charge is 2.17. The van der Waals surface area contributed by atoms with Crippen LogP contribution in [0.2, 0.25) is 0 Å². The summed E-state index contributed by atoms with van der Waals surface area (Å²) in [7, 11) is 4.14. The molecule has 100 valence electrons. The van der Waals surface area contributed by atoms with Crippen molar-refractivity contribution >= 4 is 17.0 Å². The van der Waals surface area contributed by atoms with Gasteiger partial charge in [-0.1, -0.05) is 0 Å². The highest BCUT2D eigenvalue weighted by atomic mass is 32.1. The van der Waals surface area contributed by atoms with E-state index in [0.29, 0.717) is 6.04 Å². The maximum atomic E-state index is 4.56. The van der Waals surface area contributed by atoms with E-state index in [9.17, 15) is 0 Å². The predicted octanol–water partition coefficient (Wildman–Crippen LogP) is 3.08. The van der Waals surface area contributed by atoms with Crippen molar-refractivity contribution in [2.45, 2.75) is 19.4 Å². The van der Waals surface area contributed by atoms with Crippen LogP contribution < -0.4 is 10.2 Å². The fourth-order valence-corrected chi connectivity index (χ4v) is 3.44. The lowest BCUT2D eigenvalue weighted by Crippen LogP contribution is -2.12. The Labute approximate surface area is 118 Å². The van der Waals surface area contributed by atoms with E-state index in [0.717, 1.165) is 18.0 Å². The van der Waals surface area contributed by atoms with Gasteiger partial charge >= 0.3 is 0 Å². The van der Waals surface area contributed by atoms with Gasteiger partial charge < -0.3 is 10.2 Å². The highest BCUT2D eigenvalue weighted by molar-refractivity contribution is 7.15. The number of aromatic nitrogens is 1. The van der Waals surface area contributed by atoms with Gasteiger partial charge in [0.25, 0.3) is 0 Å². The fourth-order valence-electron chi connectivity index (χ4n) is 2.46. The molecule has 0 radical (unpaired) electrons. The molecule has 0 spiro atoms. The molecule has 0 amide bonds. The quantitative estimate of drug-likeness (QED) is 0.931. The zero-order valence-electron chi connectivity index (χ0n) is 11.6. The predicted molar refractivity (Wildman–Crippen MR) is 82.0 cm³/mol. The minimum Gasteiger partial charge on any atom is -0.374 e. The van der Waals surface area contributed by atoms with E-state index in [1.54, 1.807) is 11.3 Å². The second-order valence-electron chi connectivity index (χ2n) is 5.09. The van der Waals surface area contributed by atoms with Gasteiger partial charge in [0.1, 0.15) is 5.01 Å². The van der Waals surface area contributed by atoms with Crippen LogP contribution in [-0.4, -0.2) is 25.6 Å². The van der Waals surface area contributed by atoms with Gasteiger partial charge in [-0.2, -0.15) is 0 Å². The van der Waals surface area contributed by atoms with E-state index in [-0.39, 0.29) is 0 Å². The number of hydrogen-bond donors (Lipinski definition) is 1. The van der Waals surface area contributed by atoms with Crippen LogP contribution >= 0.6 is 11.3 Å². The molecule has 1 unspecified atom stereocenters. The van der Waals surface area contributed by atoms with Crippen LogP contribution in [0.4, 0.5) is 5.69 Å². The van der Waals surface area contributed by atoms with Crippen molar-refractivity contribution in [2.24, 2.45) is 0 Å². The normalized spacial score (nSPS) is 15.6. The van der Waals surface area contributed by atoms with Crippen LogP contribution in [0.3, 0.4) is 0 Å². The summed E-state index contributed by atoms with van der Waals surface area (Å²) >= 11 is 1.78. The molecule has 19 heavy (non-hydrogen) atoms. The Balaban J connectivity index is 1.93. The number of thiazole rings is 1. The first-order valence-corrected chi connectivity index (χ1v) is 7.48. The van der Waals surface area contributed by atoms with Gasteiger partial charge in [-0.05, 0) is 44.2 Å². The van der Waals surface area contributed by atoms with Crippen molar-refractivity contribution in [3.8, 4) is 10.6 Å². The van der Waals surface area contributed by atoms with Crippen LogP contribution in [0.25, 0.3) is 10.6 Å². The van der Waals surface area contributed by atoms with Gasteiger partial charge in [0.2, 0.25) is 0 Å². The summed E-state index contributed by atoms with van der Waals surface area (Å²) in [6.45, 7) is 3.29. The van der Waals surface area contributed by atoms with E-state index in [2.05, 4.69) is 47.4 Å². The van der Waals surface area contributed by atoms with Crippen molar-refractivity contribution in [3.63, 3.8) is 0 Å². The third kappa shape index (κ3) is 2.26. The Hall–Kier alpha value is -1.39. The maximum Gasteiger partial charge on any atom is 0.123 e.